The van der Waals surface area contributed by atoms with Gasteiger partial charge in [-0.2, -0.15) is 5.10 Å². The number of aromatic amines is 1. The van der Waals surface area contributed by atoms with Crippen LogP contribution in [0.25, 0.3) is 11.4 Å². The minimum absolute atomic E-state index is 0.0507. The van der Waals surface area contributed by atoms with Crippen LogP contribution in [0.1, 0.15) is 39.9 Å². The number of halogens is 1. The van der Waals surface area contributed by atoms with Crippen LogP contribution in [-0.2, 0) is 0 Å². The third-order valence-electron chi connectivity index (χ3n) is 4.49. The van der Waals surface area contributed by atoms with E-state index < -0.39 is 0 Å². The predicted octanol–water partition coefficient (Wildman–Crippen LogP) is 3.96. The van der Waals surface area contributed by atoms with Gasteiger partial charge in [0.2, 0.25) is 0 Å². The molecule has 3 heterocycles. The maximum atomic E-state index is 13.1. The van der Waals surface area contributed by atoms with Crippen LogP contribution < -0.4 is 0 Å². The van der Waals surface area contributed by atoms with E-state index in [1.807, 2.05) is 23.3 Å². The third-order valence-corrected chi connectivity index (χ3v) is 5.50. The van der Waals surface area contributed by atoms with Crippen LogP contribution in [0.3, 0.4) is 0 Å². The van der Waals surface area contributed by atoms with Gasteiger partial charge in [0.25, 0.3) is 5.91 Å². The number of H-pyrrole nitrogens is 1. The van der Waals surface area contributed by atoms with Crippen molar-refractivity contribution in [3.8, 4) is 11.4 Å². The van der Waals surface area contributed by atoms with Crippen LogP contribution in [0.4, 0.5) is 4.39 Å². The summed E-state index contributed by atoms with van der Waals surface area (Å²) in [4.78, 5) is 20.1. The van der Waals surface area contributed by atoms with Crippen molar-refractivity contribution in [2.24, 2.45) is 0 Å². The second-order valence-corrected chi connectivity index (χ2v) is 7.06. The zero-order valence-electron chi connectivity index (χ0n) is 13.7. The summed E-state index contributed by atoms with van der Waals surface area (Å²) in [7, 11) is 0. The molecule has 1 aliphatic rings. The highest BCUT2D eigenvalue weighted by atomic mass is 32.1. The van der Waals surface area contributed by atoms with Crippen molar-refractivity contribution in [3.63, 3.8) is 0 Å². The standard InChI is InChI=1S/C18H17FN4OS/c1-11-8-10-25-15(11)18(24)23-9-2-3-14(23)17-20-16(21-22-17)12-4-6-13(19)7-5-12/h4-8,10,14H,2-3,9H2,1H3,(H,20,21,22)/t14-/m0/s1. The summed E-state index contributed by atoms with van der Waals surface area (Å²) in [5.74, 6) is 0.953. The molecule has 1 N–H and O–H groups in total. The average molecular weight is 356 g/mol. The van der Waals surface area contributed by atoms with Crippen LogP contribution in [0, 0.1) is 12.7 Å². The molecule has 0 bridgehead atoms. The Balaban J connectivity index is 1.60. The van der Waals surface area contributed by atoms with Gasteiger partial charge in [0.05, 0.1) is 10.9 Å². The molecule has 3 aromatic rings. The molecule has 25 heavy (non-hydrogen) atoms. The van der Waals surface area contributed by atoms with E-state index in [0.29, 0.717) is 18.2 Å². The number of nitrogens with one attached hydrogen (secondary N) is 1. The Bertz CT molecular complexity index is 902. The molecule has 0 unspecified atom stereocenters. The number of aromatic nitrogens is 3. The summed E-state index contributed by atoms with van der Waals surface area (Å²) in [6, 6.07) is 7.93. The lowest BCUT2D eigenvalue weighted by Gasteiger charge is -2.22. The van der Waals surface area contributed by atoms with Gasteiger partial charge in [0.15, 0.2) is 5.82 Å². The molecule has 1 saturated heterocycles. The fourth-order valence-corrected chi connectivity index (χ4v) is 4.05. The summed E-state index contributed by atoms with van der Waals surface area (Å²) in [5, 5.41) is 9.14. The Morgan fingerprint density at radius 2 is 2.12 bits per heavy atom. The first-order chi connectivity index (χ1) is 12.1. The SMILES string of the molecule is Cc1ccsc1C(=O)N1CCC[C@H]1c1nc(-c2ccc(F)cc2)n[nH]1. The molecule has 0 aliphatic carbocycles. The number of nitrogens with zero attached hydrogens (tertiary/aromatic N) is 3. The molecule has 0 spiro atoms. The predicted molar refractivity (Wildman–Crippen MR) is 93.8 cm³/mol. The largest absolute Gasteiger partial charge is 0.328 e. The third kappa shape index (κ3) is 2.95. The number of hydrogen-bond donors (Lipinski definition) is 1. The van der Waals surface area contributed by atoms with Crippen LogP contribution in [0.2, 0.25) is 0 Å². The Morgan fingerprint density at radius 1 is 1.32 bits per heavy atom. The maximum absolute atomic E-state index is 13.1. The lowest BCUT2D eigenvalue weighted by atomic mass is 10.2. The molecule has 128 valence electrons. The molecule has 1 aromatic carbocycles. The summed E-state index contributed by atoms with van der Waals surface area (Å²) >= 11 is 1.47. The van der Waals surface area contributed by atoms with Gasteiger partial charge in [-0.25, -0.2) is 9.37 Å². The summed E-state index contributed by atoms with van der Waals surface area (Å²) < 4.78 is 13.1. The Labute approximate surface area is 148 Å². The topological polar surface area (TPSA) is 61.9 Å². The molecule has 1 aliphatic heterocycles. The molecule has 4 rings (SSSR count). The van der Waals surface area contributed by atoms with Gasteiger partial charge >= 0.3 is 0 Å². The second kappa shape index (κ2) is 6.40. The molecule has 2 aromatic heterocycles. The number of rotatable bonds is 3. The molecule has 0 saturated carbocycles. The Morgan fingerprint density at radius 3 is 2.84 bits per heavy atom. The molecular formula is C18H17FN4OS. The van der Waals surface area contributed by atoms with E-state index in [2.05, 4.69) is 15.2 Å². The number of benzene rings is 1. The fourth-order valence-electron chi connectivity index (χ4n) is 3.17. The molecule has 0 radical (unpaired) electrons. The van der Waals surface area contributed by atoms with Crippen LogP contribution in [0.15, 0.2) is 35.7 Å². The van der Waals surface area contributed by atoms with Gasteiger partial charge in [-0.3, -0.25) is 9.89 Å². The number of hydrogen-bond acceptors (Lipinski definition) is 4. The van der Waals surface area contributed by atoms with Crippen molar-refractivity contribution in [3.05, 3.63) is 57.8 Å². The van der Waals surface area contributed by atoms with Crippen molar-refractivity contribution < 1.29 is 9.18 Å². The molecule has 5 nitrogen and oxygen atoms in total. The van der Waals surface area contributed by atoms with E-state index >= 15 is 0 Å². The Hall–Kier alpha value is -2.54. The number of amides is 1. The van der Waals surface area contributed by atoms with Crippen molar-refractivity contribution in [1.29, 1.82) is 0 Å². The first-order valence-corrected chi connectivity index (χ1v) is 9.05. The fraction of sp³-hybridized carbons (Fsp3) is 0.278. The average Bonchev–Trinajstić information content (AvgIpc) is 3.34. The first kappa shape index (κ1) is 16.0. The number of aryl methyl sites for hydroxylation is 1. The molecule has 1 atom stereocenters. The number of likely N-dealkylation sites (tertiary alicyclic amines) is 1. The van der Waals surface area contributed by atoms with E-state index in [1.54, 1.807) is 12.1 Å². The Kier molecular flexibility index (Phi) is 4.09. The minimum Gasteiger partial charge on any atom is -0.328 e. The lowest BCUT2D eigenvalue weighted by molar-refractivity contribution is 0.0734. The highest BCUT2D eigenvalue weighted by Crippen LogP contribution is 2.33. The number of carbonyl (C=O) groups excluding carboxylic acids is 1. The normalized spacial score (nSPS) is 17.2. The van der Waals surface area contributed by atoms with E-state index in [4.69, 9.17) is 0 Å². The smallest absolute Gasteiger partial charge is 0.264 e. The molecular weight excluding hydrogens is 339 g/mol. The van der Waals surface area contributed by atoms with Crippen LogP contribution in [0.5, 0.6) is 0 Å². The van der Waals surface area contributed by atoms with Crippen molar-refractivity contribution in [2.45, 2.75) is 25.8 Å². The maximum Gasteiger partial charge on any atom is 0.264 e. The zero-order chi connectivity index (χ0) is 17.4. The van der Waals surface area contributed by atoms with E-state index in [0.717, 1.165) is 28.8 Å². The van der Waals surface area contributed by atoms with Crippen molar-refractivity contribution >= 4 is 17.2 Å². The first-order valence-electron chi connectivity index (χ1n) is 8.17. The van der Waals surface area contributed by atoms with Gasteiger partial charge in [-0.1, -0.05) is 0 Å². The summed E-state index contributed by atoms with van der Waals surface area (Å²) in [6.45, 7) is 2.67. The monoisotopic (exact) mass is 356 g/mol. The van der Waals surface area contributed by atoms with Crippen molar-refractivity contribution in [1.82, 2.24) is 20.1 Å². The molecule has 7 heteroatoms. The highest BCUT2D eigenvalue weighted by molar-refractivity contribution is 7.12. The van der Waals surface area contributed by atoms with E-state index in [1.165, 1.54) is 23.5 Å². The van der Waals surface area contributed by atoms with E-state index in [9.17, 15) is 9.18 Å². The molecule has 1 amide bonds. The van der Waals surface area contributed by atoms with Gasteiger partial charge in [0, 0.05) is 12.1 Å². The van der Waals surface area contributed by atoms with Crippen molar-refractivity contribution in [2.75, 3.05) is 6.54 Å². The summed E-state index contributed by atoms with van der Waals surface area (Å²) in [6.07, 6.45) is 1.79. The number of thiophene rings is 1. The van der Waals surface area contributed by atoms with Crippen LogP contribution >= 0.6 is 11.3 Å². The number of carbonyl (C=O) groups is 1. The van der Waals surface area contributed by atoms with Gasteiger partial charge < -0.3 is 4.90 Å². The van der Waals surface area contributed by atoms with Gasteiger partial charge in [-0.05, 0) is 61.0 Å². The second-order valence-electron chi connectivity index (χ2n) is 6.14. The minimum atomic E-state index is -0.293. The molecule has 1 fully saturated rings. The lowest BCUT2D eigenvalue weighted by Crippen LogP contribution is -2.31. The van der Waals surface area contributed by atoms with Gasteiger partial charge in [-0.15, -0.1) is 11.3 Å². The zero-order valence-corrected chi connectivity index (χ0v) is 14.5. The highest BCUT2D eigenvalue weighted by Gasteiger charge is 2.33. The van der Waals surface area contributed by atoms with E-state index in [-0.39, 0.29) is 17.8 Å². The quantitative estimate of drug-likeness (QED) is 0.773. The summed E-state index contributed by atoms with van der Waals surface area (Å²) in [5.41, 5.74) is 1.75. The van der Waals surface area contributed by atoms with Crippen LogP contribution in [-0.4, -0.2) is 32.5 Å². The van der Waals surface area contributed by atoms with Gasteiger partial charge in [0.1, 0.15) is 11.6 Å².